The second kappa shape index (κ2) is 8.96. The molecule has 1 saturated heterocycles. The quantitative estimate of drug-likeness (QED) is 0.456. The summed E-state index contributed by atoms with van der Waals surface area (Å²) in [4.78, 5) is 30.0. The number of anilines is 1. The normalized spacial score (nSPS) is 19.2. The number of methoxy groups -OCH3 is 1. The molecule has 0 radical (unpaired) electrons. The minimum absolute atomic E-state index is 0.0352. The molecule has 0 N–H and O–H groups in total. The number of halogens is 1. The number of rotatable bonds is 4. The lowest BCUT2D eigenvalue weighted by Crippen LogP contribution is -2.50. The fraction of sp³-hybridized carbons (Fsp3) is 0.310. The van der Waals surface area contributed by atoms with Gasteiger partial charge in [0.2, 0.25) is 0 Å². The van der Waals surface area contributed by atoms with Crippen molar-refractivity contribution < 1.29 is 18.7 Å². The highest BCUT2D eigenvalue weighted by Crippen LogP contribution is 2.55. The summed E-state index contributed by atoms with van der Waals surface area (Å²) in [6.07, 6.45) is 0. The molecule has 5 rings (SSSR count). The number of carbonyl (C=O) groups excluding carboxylic acids is 2. The zero-order valence-corrected chi connectivity index (χ0v) is 21.7. The third-order valence-corrected chi connectivity index (χ3v) is 8.30. The summed E-state index contributed by atoms with van der Waals surface area (Å²) in [5.41, 5.74) is 3.97. The molecule has 0 bridgehead atoms. The van der Waals surface area contributed by atoms with E-state index in [9.17, 15) is 14.0 Å². The van der Waals surface area contributed by atoms with Gasteiger partial charge in [0.1, 0.15) is 11.6 Å². The standard InChI is InChI=1S/C29H29FN2O3S/c1-28(2,3)21-10-8-19(9-11-21)18-31-25-13-12-23(35-4)17-24(25)29(27(31)34)32(14-15-36-29)26(33)20-6-5-7-22(30)16-20/h5-13,16-17H,14-15,18H2,1-4H3/t29-/m0/s1. The molecule has 0 aromatic heterocycles. The van der Waals surface area contributed by atoms with Gasteiger partial charge in [0.05, 0.1) is 19.3 Å². The van der Waals surface area contributed by atoms with E-state index in [4.69, 9.17) is 4.74 Å². The SMILES string of the molecule is COc1ccc2c(c1)[C@]1(SCCN1C(=O)c1cccc(F)c1)C(=O)N2Cc1ccc(C(C)(C)C)cc1. The summed E-state index contributed by atoms with van der Waals surface area (Å²) in [6, 6.07) is 19.5. The minimum Gasteiger partial charge on any atom is -0.497 e. The second-order valence-electron chi connectivity index (χ2n) is 10.2. The van der Waals surface area contributed by atoms with E-state index >= 15 is 0 Å². The summed E-state index contributed by atoms with van der Waals surface area (Å²) < 4.78 is 19.4. The fourth-order valence-corrected chi connectivity index (χ4v) is 6.40. The highest BCUT2D eigenvalue weighted by Gasteiger charge is 2.59. The van der Waals surface area contributed by atoms with Crippen LogP contribution < -0.4 is 9.64 Å². The van der Waals surface area contributed by atoms with E-state index < -0.39 is 10.7 Å². The van der Waals surface area contributed by atoms with Crippen LogP contribution in [0.4, 0.5) is 10.1 Å². The highest BCUT2D eigenvalue weighted by atomic mass is 32.2. The van der Waals surface area contributed by atoms with Crippen LogP contribution in [0, 0.1) is 5.82 Å². The number of ether oxygens (including phenoxy) is 1. The smallest absolute Gasteiger partial charge is 0.268 e. The predicted octanol–water partition coefficient (Wildman–Crippen LogP) is 5.72. The Balaban J connectivity index is 1.56. The van der Waals surface area contributed by atoms with Crippen molar-refractivity contribution in [3.8, 4) is 5.75 Å². The molecule has 36 heavy (non-hydrogen) atoms. The van der Waals surface area contributed by atoms with Crippen molar-refractivity contribution >= 4 is 29.3 Å². The van der Waals surface area contributed by atoms with Gasteiger partial charge in [-0.25, -0.2) is 4.39 Å². The molecule has 0 saturated carbocycles. The summed E-state index contributed by atoms with van der Waals surface area (Å²) in [7, 11) is 1.58. The Morgan fingerprint density at radius 1 is 1.08 bits per heavy atom. The largest absolute Gasteiger partial charge is 0.497 e. The molecule has 3 aromatic carbocycles. The number of benzene rings is 3. The van der Waals surface area contributed by atoms with Gasteiger partial charge in [-0.3, -0.25) is 9.59 Å². The summed E-state index contributed by atoms with van der Waals surface area (Å²) >= 11 is 1.44. The van der Waals surface area contributed by atoms with E-state index in [0.717, 1.165) is 16.8 Å². The van der Waals surface area contributed by atoms with Crippen LogP contribution in [0.3, 0.4) is 0 Å². The van der Waals surface area contributed by atoms with Crippen molar-refractivity contribution in [2.24, 2.45) is 0 Å². The van der Waals surface area contributed by atoms with Gasteiger partial charge in [0, 0.05) is 23.4 Å². The minimum atomic E-state index is -1.22. The van der Waals surface area contributed by atoms with Crippen molar-refractivity contribution in [3.63, 3.8) is 0 Å². The van der Waals surface area contributed by atoms with Crippen LogP contribution in [0.5, 0.6) is 5.75 Å². The van der Waals surface area contributed by atoms with Gasteiger partial charge < -0.3 is 14.5 Å². The molecular weight excluding hydrogens is 475 g/mol. The van der Waals surface area contributed by atoms with Crippen LogP contribution in [0.15, 0.2) is 66.7 Å². The van der Waals surface area contributed by atoms with Crippen molar-refractivity contribution in [2.75, 3.05) is 24.3 Å². The van der Waals surface area contributed by atoms with E-state index in [1.54, 1.807) is 23.0 Å². The number of thioether (sulfide) groups is 1. The van der Waals surface area contributed by atoms with E-state index in [2.05, 4.69) is 45.0 Å². The molecule has 2 heterocycles. The van der Waals surface area contributed by atoms with Gasteiger partial charge in [-0.05, 0) is 52.9 Å². The third kappa shape index (κ3) is 3.95. The fourth-order valence-electron chi connectivity index (χ4n) is 4.95. The van der Waals surface area contributed by atoms with Crippen molar-refractivity contribution in [2.45, 2.75) is 37.6 Å². The molecular formula is C29H29FN2O3S. The summed E-state index contributed by atoms with van der Waals surface area (Å²) in [5, 5.41) is 0. The van der Waals surface area contributed by atoms with Crippen LogP contribution in [0.2, 0.25) is 0 Å². The van der Waals surface area contributed by atoms with E-state index in [1.807, 2.05) is 18.2 Å². The van der Waals surface area contributed by atoms with Crippen molar-refractivity contribution in [1.82, 2.24) is 4.90 Å². The van der Waals surface area contributed by atoms with Gasteiger partial charge in [0.25, 0.3) is 11.8 Å². The number of hydrogen-bond donors (Lipinski definition) is 0. The van der Waals surface area contributed by atoms with Crippen LogP contribution in [0.25, 0.3) is 0 Å². The van der Waals surface area contributed by atoms with Crippen LogP contribution in [-0.4, -0.2) is 36.1 Å². The lowest BCUT2D eigenvalue weighted by Gasteiger charge is -2.33. The molecule has 2 aliphatic heterocycles. The lowest BCUT2D eigenvalue weighted by atomic mass is 9.87. The second-order valence-corrected chi connectivity index (χ2v) is 11.5. The number of carbonyl (C=O) groups is 2. The van der Waals surface area contributed by atoms with E-state index in [1.165, 1.54) is 35.5 Å². The molecule has 5 nitrogen and oxygen atoms in total. The maximum Gasteiger partial charge on any atom is 0.268 e. The first-order chi connectivity index (χ1) is 17.1. The first-order valence-corrected chi connectivity index (χ1v) is 12.9. The molecule has 1 spiro atoms. The number of hydrogen-bond acceptors (Lipinski definition) is 4. The van der Waals surface area contributed by atoms with Crippen molar-refractivity contribution in [3.05, 3.63) is 94.8 Å². The number of nitrogens with zero attached hydrogens (tertiary/aromatic N) is 2. The average Bonchev–Trinajstić information content (AvgIpc) is 3.40. The molecule has 2 amide bonds. The van der Waals surface area contributed by atoms with Crippen LogP contribution >= 0.6 is 11.8 Å². The summed E-state index contributed by atoms with van der Waals surface area (Å²) in [5.74, 6) is 0.193. The Morgan fingerprint density at radius 2 is 1.83 bits per heavy atom. The van der Waals surface area contributed by atoms with Crippen LogP contribution in [-0.2, 0) is 21.6 Å². The van der Waals surface area contributed by atoms with Gasteiger partial charge in [0.15, 0.2) is 4.87 Å². The van der Waals surface area contributed by atoms with E-state index in [0.29, 0.717) is 24.6 Å². The lowest BCUT2D eigenvalue weighted by molar-refractivity contribution is -0.123. The molecule has 0 unspecified atom stereocenters. The Hall–Kier alpha value is -3.32. The topological polar surface area (TPSA) is 49.9 Å². The highest BCUT2D eigenvalue weighted by molar-refractivity contribution is 8.01. The molecule has 3 aromatic rings. The maximum absolute atomic E-state index is 14.2. The first-order valence-electron chi connectivity index (χ1n) is 12.0. The van der Waals surface area contributed by atoms with Gasteiger partial charge in [-0.2, -0.15) is 0 Å². The molecule has 1 fully saturated rings. The Bertz CT molecular complexity index is 1340. The molecule has 186 valence electrons. The Morgan fingerprint density at radius 3 is 2.50 bits per heavy atom. The number of amides is 2. The Kier molecular flexibility index (Phi) is 6.07. The zero-order chi connectivity index (χ0) is 25.7. The van der Waals surface area contributed by atoms with E-state index in [-0.39, 0.29) is 22.8 Å². The van der Waals surface area contributed by atoms with Crippen LogP contribution in [0.1, 0.15) is 47.8 Å². The van der Waals surface area contributed by atoms with Gasteiger partial charge >= 0.3 is 0 Å². The first kappa shape index (κ1) is 24.4. The van der Waals surface area contributed by atoms with Crippen molar-refractivity contribution in [1.29, 1.82) is 0 Å². The zero-order valence-electron chi connectivity index (χ0n) is 20.9. The predicted molar refractivity (Wildman–Crippen MR) is 141 cm³/mol. The third-order valence-electron chi connectivity index (χ3n) is 6.88. The molecule has 0 aliphatic carbocycles. The average molecular weight is 505 g/mol. The van der Waals surface area contributed by atoms with Gasteiger partial charge in [-0.1, -0.05) is 51.1 Å². The molecule has 2 aliphatic rings. The Labute approximate surface area is 215 Å². The summed E-state index contributed by atoms with van der Waals surface area (Å²) in [6.45, 7) is 7.27. The van der Waals surface area contributed by atoms with Gasteiger partial charge in [-0.15, -0.1) is 11.8 Å². The molecule has 1 atom stereocenters. The number of fused-ring (bicyclic) bond motifs is 2. The molecule has 7 heteroatoms. The maximum atomic E-state index is 14.2. The monoisotopic (exact) mass is 504 g/mol.